The number of fused-ring (bicyclic) bond motifs is 1. The Bertz CT molecular complexity index is 537. The maximum atomic E-state index is 3.51. The van der Waals surface area contributed by atoms with E-state index < -0.39 is 0 Å². The Morgan fingerprint density at radius 3 is 2.35 bits per heavy atom. The van der Waals surface area contributed by atoms with Crippen molar-refractivity contribution in [3.05, 3.63) is 33.7 Å². The molecule has 1 nitrogen and oxygen atoms in total. The number of hydrogen-bond donors (Lipinski definition) is 1. The van der Waals surface area contributed by atoms with Crippen molar-refractivity contribution in [3.8, 4) is 0 Å². The zero-order chi connectivity index (χ0) is 12.6. The lowest BCUT2D eigenvalue weighted by atomic mass is 10.0. The molecule has 1 aromatic carbocycles. The molecule has 1 N–H and O–H groups in total. The quantitative estimate of drug-likeness (QED) is 0.851. The van der Waals surface area contributed by atoms with E-state index in [2.05, 4.69) is 52.1 Å². The molecule has 0 unspecified atom stereocenters. The molecule has 2 aromatic rings. The molecule has 0 saturated heterocycles. The molecule has 0 radical (unpaired) electrons. The average molecular weight is 247 g/mol. The van der Waals surface area contributed by atoms with Crippen molar-refractivity contribution in [2.45, 2.75) is 47.2 Å². The first-order valence-corrected chi connectivity index (χ1v) is 7.04. The first kappa shape index (κ1) is 12.6. The summed E-state index contributed by atoms with van der Waals surface area (Å²) in [5.41, 5.74) is 4.25. The average Bonchev–Trinajstić information content (AvgIpc) is 2.60. The molecule has 2 rings (SSSR count). The summed E-state index contributed by atoms with van der Waals surface area (Å²) in [7, 11) is 0. The van der Waals surface area contributed by atoms with Gasteiger partial charge in [0.15, 0.2) is 0 Å². The molecule has 0 fully saturated rings. The van der Waals surface area contributed by atoms with Crippen LogP contribution < -0.4 is 5.32 Å². The molecule has 0 spiro atoms. The van der Waals surface area contributed by atoms with Crippen molar-refractivity contribution >= 4 is 21.4 Å². The van der Waals surface area contributed by atoms with Crippen molar-refractivity contribution in [3.63, 3.8) is 0 Å². The number of thiophene rings is 1. The molecule has 0 amide bonds. The molecule has 0 saturated carbocycles. The minimum absolute atomic E-state index is 0.543. The van der Waals surface area contributed by atoms with E-state index in [9.17, 15) is 0 Å². The van der Waals surface area contributed by atoms with Crippen molar-refractivity contribution in [1.82, 2.24) is 5.32 Å². The van der Waals surface area contributed by atoms with Gasteiger partial charge in [0, 0.05) is 22.2 Å². The fourth-order valence-corrected chi connectivity index (χ4v) is 3.49. The van der Waals surface area contributed by atoms with Gasteiger partial charge in [-0.3, -0.25) is 0 Å². The van der Waals surface area contributed by atoms with Gasteiger partial charge < -0.3 is 5.32 Å². The smallest absolute Gasteiger partial charge is 0.0380 e. The fraction of sp³-hybridized carbons (Fsp3) is 0.467. The van der Waals surface area contributed by atoms with Gasteiger partial charge in [-0.1, -0.05) is 26.0 Å². The zero-order valence-electron chi connectivity index (χ0n) is 11.3. The molecule has 0 aliphatic rings. The lowest BCUT2D eigenvalue weighted by Gasteiger charge is -2.06. The van der Waals surface area contributed by atoms with Crippen LogP contribution in [0.1, 0.15) is 35.4 Å². The lowest BCUT2D eigenvalue weighted by Crippen LogP contribution is -2.21. The summed E-state index contributed by atoms with van der Waals surface area (Å²) in [6.45, 7) is 12.0. The van der Waals surface area contributed by atoms with E-state index in [1.54, 1.807) is 0 Å². The summed E-state index contributed by atoms with van der Waals surface area (Å²) < 4.78 is 1.46. The highest BCUT2D eigenvalue weighted by atomic mass is 32.1. The van der Waals surface area contributed by atoms with Gasteiger partial charge in [-0.25, -0.2) is 0 Å². The normalized spacial score (nSPS) is 11.6. The summed E-state index contributed by atoms with van der Waals surface area (Å²) in [6, 6.07) is 5.01. The number of aryl methyl sites for hydroxylation is 3. The van der Waals surface area contributed by atoms with E-state index >= 15 is 0 Å². The SMILES string of the molecule is Cc1ccc(C)c2c(C)c(CNC(C)C)sc12. The summed E-state index contributed by atoms with van der Waals surface area (Å²) in [5.74, 6) is 0. The predicted octanol–water partition coefficient (Wildman–Crippen LogP) is 4.32. The van der Waals surface area contributed by atoms with E-state index in [0.717, 1.165) is 6.54 Å². The largest absolute Gasteiger partial charge is 0.310 e. The first-order chi connectivity index (χ1) is 8.00. The Balaban J connectivity index is 2.49. The number of benzene rings is 1. The van der Waals surface area contributed by atoms with Crippen LogP contribution in [0.2, 0.25) is 0 Å². The topological polar surface area (TPSA) is 12.0 Å². The van der Waals surface area contributed by atoms with Gasteiger partial charge in [-0.2, -0.15) is 0 Å². The molecule has 0 aliphatic heterocycles. The van der Waals surface area contributed by atoms with Crippen LogP contribution in [0.25, 0.3) is 10.1 Å². The maximum absolute atomic E-state index is 3.51. The summed E-state index contributed by atoms with van der Waals surface area (Å²) in [5, 5.41) is 4.98. The molecule has 0 aliphatic carbocycles. The van der Waals surface area contributed by atoms with E-state index in [0.29, 0.717) is 6.04 Å². The van der Waals surface area contributed by atoms with Gasteiger partial charge in [0.25, 0.3) is 0 Å². The Labute approximate surface area is 108 Å². The number of nitrogens with one attached hydrogen (secondary N) is 1. The number of hydrogen-bond acceptors (Lipinski definition) is 2. The third-order valence-corrected chi connectivity index (χ3v) is 4.68. The fourth-order valence-electron chi connectivity index (χ4n) is 2.19. The van der Waals surface area contributed by atoms with Crippen LogP contribution in [0.5, 0.6) is 0 Å². The molecule has 17 heavy (non-hydrogen) atoms. The highest BCUT2D eigenvalue weighted by Gasteiger charge is 2.12. The Hall–Kier alpha value is -0.860. The zero-order valence-corrected chi connectivity index (χ0v) is 12.2. The Morgan fingerprint density at radius 1 is 1.12 bits per heavy atom. The monoisotopic (exact) mass is 247 g/mol. The molecule has 1 heterocycles. The van der Waals surface area contributed by atoms with Crippen molar-refractivity contribution < 1.29 is 0 Å². The van der Waals surface area contributed by atoms with Crippen LogP contribution in [0, 0.1) is 20.8 Å². The van der Waals surface area contributed by atoms with Crippen LogP contribution in [0.4, 0.5) is 0 Å². The van der Waals surface area contributed by atoms with Gasteiger partial charge in [0.1, 0.15) is 0 Å². The number of rotatable bonds is 3. The third-order valence-electron chi connectivity index (χ3n) is 3.25. The van der Waals surface area contributed by atoms with E-state index in [-0.39, 0.29) is 0 Å². The highest BCUT2D eigenvalue weighted by molar-refractivity contribution is 7.19. The highest BCUT2D eigenvalue weighted by Crippen LogP contribution is 2.35. The second-order valence-electron chi connectivity index (χ2n) is 5.09. The summed E-state index contributed by atoms with van der Waals surface area (Å²) in [6.07, 6.45) is 0. The minimum Gasteiger partial charge on any atom is -0.310 e. The maximum Gasteiger partial charge on any atom is 0.0380 e. The minimum atomic E-state index is 0.543. The second kappa shape index (κ2) is 4.79. The first-order valence-electron chi connectivity index (χ1n) is 6.22. The van der Waals surface area contributed by atoms with Gasteiger partial charge in [-0.05, 0) is 42.8 Å². The Morgan fingerprint density at radius 2 is 1.76 bits per heavy atom. The molecular weight excluding hydrogens is 226 g/mol. The molecule has 0 atom stereocenters. The van der Waals surface area contributed by atoms with Gasteiger partial charge >= 0.3 is 0 Å². The van der Waals surface area contributed by atoms with Gasteiger partial charge in [0.2, 0.25) is 0 Å². The molecular formula is C15H21NS. The van der Waals surface area contributed by atoms with Crippen LogP contribution >= 0.6 is 11.3 Å². The van der Waals surface area contributed by atoms with Crippen LogP contribution in [0.3, 0.4) is 0 Å². The summed E-state index contributed by atoms with van der Waals surface area (Å²) >= 11 is 1.94. The van der Waals surface area contributed by atoms with E-state index in [4.69, 9.17) is 0 Å². The predicted molar refractivity (Wildman–Crippen MR) is 78.0 cm³/mol. The van der Waals surface area contributed by atoms with Gasteiger partial charge in [-0.15, -0.1) is 11.3 Å². The van der Waals surface area contributed by atoms with Crippen molar-refractivity contribution in [2.24, 2.45) is 0 Å². The molecule has 2 heteroatoms. The summed E-state index contributed by atoms with van der Waals surface area (Å²) in [4.78, 5) is 1.48. The lowest BCUT2D eigenvalue weighted by molar-refractivity contribution is 0.592. The van der Waals surface area contributed by atoms with Crippen molar-refractivity contribution in [2.75, 3.05) is 0 Å². The van der Waals surface area contributed by atoms with Crippen molar-refractivity contribution in [1.29, 1.82) is 0 Å². The van der Waals surface area contributed by atoms with Crippen LogP contribution in [-0.4, -0.2) is 6.04 Å². The van der Waals surface area contributed by atoms with Crippen LogP contribution in [0.15, 0.2) is 12.1 Å². The molecule has 92 valence electrons. The molecule has 0 bridgehead atoms. The third kappa shape index (κ3) is 2.38. The van der Waals surface area contributed by atoms with E-state index in [1.807, 2.05) is 11.3 Å². The van der Waals surface area contributed by atoms with E-state index in [1.165, 1.54) is 31.7 Å². The standard InChI is InChI=1S/C15H21NS/c1-9(2)16-8-13-12(5)14-10(3)6-7-11(4)15(14)17-13/h6-7,9,16H,8H2,1-5H3. The molecule has 1 aromatic heterocycles. The van der Waals surface area contributed by atoms with Crippen LogP contribution in [-0.2, 0) is 6.54 Å². The second-order valence-corrected chi connectivity index (χ2v) is 6.19. The Kier molecular flexibility index (Phi) is 3.55. The van der Waals surface area contributed by atoms with Gasteiger partial charge in [0.05, 0.1) is 0 Å².